The van der Waals surface area contributed by atoms with E-state index < -0.39 is 0 Å². The van der Waals surface area contributed by atoms with Gasteiger partial charge in [-0.25, -0.2) is 4.98 Å². The van der Waals surface area contributed by atoms with Crippen molar-refractivity contribution >= 4 is 16.9 Å². The van der Waals surface area contributed by atoms with Crippen molar-refractivity contribution < 1.29 is 18.8 Å². The van der Waals surface area contributed by atoms with E-state index in [1.165, 1.54) is 5.56 Å². The quantitative estimate of drug-likeness (QED) is 0.700. The molecule has 0 saturated carbocycles. The summed E-state index contributed by atoms with van der Waals surface area (Å²) in [5.74, 6) is 1.73. The average molecular weight is 366 g/mol. The Morgan fingerprint density at radius 2 is 1.93 bits per heavy atom. The summed E-state index contributed by atoms with van der Waals surface area (Å²) in [6.07, 6.45) is 1.63. The van der Waals surface area contributed by atoms with Gasteiger partial charge in [0.15, 0.2) is 11.5 Å². The van der Waals surface area contributed by atoms with Crippen LogP contribution in [0.15, 0.2) is 41.1 Å². The van der Waals surface area contributed by atoms with Crippen LogP contribution < -0.4 is 9.47 Å². The smallest absolute Gasteiger partial charge is 0.293 e. The molecule has 1 amide bonds. The van der Waals surface area contributed by atoms with E-state index in [4.69, 9.17) is 14.0 Å². The Kier molecular flexibility index (Phi) is 3.90. The van der Waals surface area contributed by atoms with Crippen molar-refractivity contribution in [2.24, 2.45) is 0 Å². The van der Waals surface area contributed by atoms with E-state index in [0.29, 0.717) is 24.1 Å². The maximum absolute atomic E-state index is 12.8. The number of aromatic nitrogens is 2. The fraction of sp³-hybridized carbons (Fsp3) is 0.316. The highest BCUT2D eigenvalue weighted by molar-refractivity contribution is 6.02. The summed E-state index contributed by atoms with van der Waals surface area (Å²) in [5.41, 5.74) is 1.63. The maximum Gasteiger partial charge on any atom is 0.293 e. The molecular formula is C19H18N4O4. The fourth-order valence-corrected chi connectivity index (χ4v) is 3.49. The normalized spacial score (nSPS) is 16.8. The van der Waals surface area contributed by atoms with Gasteiger partial charge in [-0.05, 0) is 29.8 Å². The van der Waals surface area contributed by atoms with Crippen LogP contribution in [0.4, 0.5) is 0 Å². The highest BCUT2D eigenvalue weighted by atomic mass is 16.7. The third kappa shape index (κ3) is 2.97. The predicted molar refractivity (Wildman–Crippen MR) is 95.5 cm³/mol. The Balaban J connectivity index is 1.23. The molecule has 3 aromatic rings. The van der Waals surface area contributed by atoms with Crippen LogP contribution in [-0.4, -0.2) is 58.8 Å². The van der Waals surface area contributed by atoms with E-state index in [0.717, 1.165) is 31.1 Å². The summed E-state index contributed by atoms with van der Waals surface area (Å²) in [7, 11) is 0. The number of benzene rings is 1. The molecule has 0 N–H and O–H groups in total. The van der Waals surface area contributed by atoms with E-state index in [2.05, 4.69) is 21.1 Å². The summed E-state index contributed by atoms with van der Waals surface area (Å²) < 4.78 is 16.0. The van der Waals surface area contributed by atoms with Gasteiger partial charge in [0.05, 0.1) is 5.39 Å². The number of hydrogen-bond donors (Lipinski definition) is 0. The lowest BCUT2D eigenvalue weighted by molar-refractivity contribution is 0.0591. The highest BCUT2D eigenvalue weighted by Crippen LogP contribution is 2.32. The molecule has 8 nitrogen and oxygen atoms in total. The molecule has 2 aliphatic heterocycles. The second-order valence-corrected chi connectivity index (χ2v) is 6.64. The minimum absolute atomic E-state index is 0.131. The van der Waals surface area contributed by atoms with Crippen LogP contribution in [0.1, 0.15) is 16.1 Å². The zero-order valence-electron chi connectivity index (χ0n) is 14.6. The number of piperazine rings is 1. The zero-order chi connectivity index (χ0) is 18.2. The van der Waals surface area contributed by atoms with Gasteiger partial charge >= 0.3 is 0 Å². The molecule has 5 rings (SSSR count). The van der Waals surface area contributed by atoms with Crippen LogP contribution in [-0.2, 0) is 6.54 Å². The van der Waals surface area contributed by atoms with Gasteiger partial charge in [0.2, 0.25) is 18.2 Å². The molecule has 1 fully saturated rings. The minimum Gasteiger partial charge on any atom is -0.454 e. The third-order valence-corrected chi connectivity index (χ3v) is 4.95. The molecule has 0 aliphatic carbocycles. The Labute approximate surface area is 155 Å². The number of nitrogens with zero attached hydrogens (tertiary/aromatic N) is 4. The van der Waals surface area contributed by atoms with Crippen molar-refractivity contribution in [2.45, 2.75) is 6.54 Å². The van der Waals surface area contributed by atoms with Crippen molar-refractivity contribution in [3.05, 3.63) is 47.9 Å². The number of ether oxygens (including phenoxy) is 2. The lowest BCUT2D eigenvalue weighted by atomic mass is 10.1. The molecule has 0 atom stereocenters. The summed E-state index contributed by atoms with van der Waals surface area (Å²) in [4.78, 5) is 21.0. The van der Waals surface area contributed by atoms with Crippen molar-refractivity contribution in [2.75, 3.05) is 33.0 Å². The number of pyridine rings is 1. The monoisotopic (exact) mass is 366 g/mol. The second kappa shape index (κ2) is 6.55. The fourth-order valence-electron chi connectivity index (χ4n) is 3.49. The highest BCUT2D eigenvalue weighted by Gasteiger charge is 2.27. The van der Waals surface area contributed by atoms with E-state index in [-0.39, 0.29) is 18.5 Å². The van der Waals surface area contributed by atoms with Gasteiger partial charge in [0.25, 0.3) is 5.91 Å². The molecule has 0 bridgehead atoms. The molecule has 2 aliphatic rings. The van der Waals surface area contributed by atoms with E-state index in [9.17, 15) is 4.79 Å². The van der Waals surface area contributed by atoms with E-state index >= 15 is 0 Å². The van der Waals surface area contributed by atoms with Crippen LogP contribution in [0.2, 0.25) is 0 Å². The lowest BCUT2D eigenvalue weighted by Gasteiger charge is -2.34. The van der Waals surface area contributed by atoms with Gasteiger partial charge < -0.3 is 18.9 Å². The summed E-state index contributed by atoms with van der Waals surface area (Å²) in [6.45, 7) is 3.98. The second-order valence-electron chi connectivity index (χ2n) is 6.64. The van der Waals surface area contributed by atoms with Crippen molar-refractivity contribution in [1.29, 1.82) is 0 Å². The molecule has 0 radical (unpaired) electrons. The van der Waals surface area contributed by atoms with Gasteiger partial charge in [-0.3, -0.25) is 9.69 Å². The molecule has 138 valence electrons. The standard InChI is InChI=1S/C19H18N4O4/c24-19(17-14-2-1-5-20-18(14)21-27-17)23-8-6-22(7-9-23)11-13-3-4-15-16(10-13)26-12-25-15/h1-5,10H,6-9,11-12H2. The molecule has 1 aromatic carbocycles. The molecule has 0 unspecified atom stereocenters. The first-order valence-electron chi connectivity index (χ1n) is 8.88. The van der Waals surface area contributed by atoms with Gasteiger partial charge in [-0.15, -0.1) is 0 Å². The first kappa shape index (κ1) is 16.1. The van der Waals surface area contributed by atoms with Crippen LogP contribution in [0.5, 0.6) is 11.5 Å². The largest absolute Gasteiger partial charge is 0.454 e. The summed E-state index contributed by atoms with van der Waals surface area (Å²) >= 11 is 0. The topological polar surface area (TPSA) is 80.9 Å². The third-order valence-electron chi connectivity index (χ3n) is 4.95. The summed E-state index contributed by atoms with van der Waals surface area (Å²) in [6, 6.07) is 9.61. The molecule has 2 aromatic heterocycles. The SMILES string of the molecule is O=C(c1onc2ncccc12)N1CCN(Cc2ccc3c(c2)OCO3)CC1. The van der Waals surface area contributed by atoms with Crippen LogP contribution in [0, 0.1) is 0 Å². The van der Waals surface area contributed by atoms with Crippen molar-refractivity contribution in [1.82, 2.24) is 19.9 Å². The predicted octanol–water partition coefficient (Wildman–Crippen LogP) is 1.91. The van der Waals surface area contributed by atoms with E-state index in [1.807, 2.05) is 23.1 Å². The molecule has 27 heavy (non-hydrogen) atoms. The number of carbonyl (C=O) groups excluding carboxylic acids is 1. The number of hydrogen-bond acceptors (Lipinski definition) is 7. The maximum atomic E-state index is 12.8. The minimum atomic E-state index is -0.131. The Morgan fingerprint density at radius 3 is 2.81 bits per heavy atom. The van der Waals surface area contributed by atoms with Crippen molar-refractivity contribution in [3.63, 3.8) is 0 Å². The van der Waals surface area contributed by atoms with E-state index in [1.54, 1.807) is 12.3 Å². The first-order chi connectivity index (χ1) is 13.3. The number of rotatable bonds is 3. The molecule has 4 heterocycles. The van der Waals surface area contributed by atoms with Crippen molar-refractivity contribution in [3.8, 4) is 11.5 Å². The molecular weight excluding hydrogens is 348 g/mol. The average Bonchev–Trinajstić information content (AvgIpc) is 3.34. The Hall–Kier alpha value is -3.13. The van der Waals surface area contributed by atoms with Crippen LogP contribution in [0.3, 0.4) is 0 Å². The summed E-state index contributed by atoms with van der Waals surface area (Å²) in [5, 5.41) is 4.53. The van der Waals surface area contributed by atoms with Gasteiger partial charge in [0.1, 0.15) is 0 Å². The number of amides is 1. The zero-order valence-corrected chi connectivity index (χ0v) is 14.6. The number of fused-ring (bicyclic) bond motifs is 2. The van der Waals surface area contributed by atoms with Gasteiger partial charge in [-0.1, -0.05) is 11.2 Å². The first-order valence-corrected chi connectivity index (χ1v) is 8.88. The lowest BCUT2D eigenvalue weighted by Crippen LogP contribution is -2.48. The van der Waals surface area contributed by atoms with Gasteiger partial charge in [-0.2, -0.15) is 0 Å². The Bertz CT molecular complexity index is 994. The molecule has 8 heteroatoms. The molecule has 1 saturated heterocycles. The van der Waals surface area contributed by atoms with Crippen LogP contribution >= 0.6 is 0 Å². The Morgan fingerprint density at radius 1 is 1.07 bits per heavy atom. The van der Waals surface area contributed by atoms with Crippen LogP contribution in [0.25, 0.3) is 11.0 Å². The van der Waals surface area contributed by atoms with Gasteiger partial charge in [0, 0.05) is 38.9 Å². The number of carbonyl (C=O) groups is 1. The molecule has 0 spiro atoms.